The lowest BCUT2D eigenvalue weighted by Crippen LogP contribution is -2.15. The van der Waals surface area contributed by atoms with E-state index >= 15 is 0 Å². The van der Waals surface area contributed by atoms with Gasteiger partial charge in [-0.1, -0.05) is 39.3 Å². The van der Waals surface area contributed by atoms with Crippen molar-refractivity contribution in [3.63, 3.8) is 0 Å². The topological polar surface area (TPSA) is 64.9 Å². The lowest BCUT2D eigenvalue weighted by molar-refractivity contribution is 0.338. The molecule has 0 fully saturated rings. The Kier molecular flexibility index (Phi) is 3.26. The second-order valence-electron chi connectivity index (χ2n) is 4.60. The van der Waals surface area contributed by atoms with Crippen LogP contribution in [0.2, 0.25) is 0 Å². The molecule has 0 aliphatic heterocycles. The zero-order chi connectivity index (χ0) is 10.8. The summed E-state index contributed by atoms with van der Waals surface area (Å²) >= 11 is 0. The van der Waals surface area contributed by atoms with Crippen LogP contribution in [0.5, 0.6) is 0 Å². The molecule has 4 heteroatoms. The molecule has 0 aliphatic rings. The molecule has 1 aromatic rings. The molecule has 1 aromatic heterocycles. The smallest absolute Gasteiger partial charge is 0.243 e. The van der Waals surface area contributed by atoms with Gasteiger partial charge in [-0.05, 0) is 6.42 Å². The summed E-state index contributed by atoms with van der Waals surface area (Å²) in [6.07, 6.45) is 1.90. The Labute approximate surface area is 84.9 Å². The maximum atomic E-state index is 5.87. The molecule has 1 atom stereocenters. The largest absolute Gasteiger partial charge is 0.338 e. The first kappa shape index (κ1) is 11.2. The van der Waals surface area contributed by atoms with Gasteiger partial charge < -0.3 is 10.3 Å². The summed E-state index contributed by atoms with van der Waals surface area (Å²) in [7, 11) is 0. The average Bonchev–Trinajstić information content (AvgIpc) is 2.51. The number of hydrogen-bond donors (Lipinski definition) is 1. The van der Waals surface area contributed by atoms with Crippen molar-refractivity contribution in [3.8, 4) is 0 Å². The molecule has 0 unspecified atom stereocenters. The van der Waals surface area contributed by atoms with Gasteiger partial charge in [-0.3, -0.25) is 0 Å². The van der Waals surface area contributed by atoms with E-state index in [4.69, 9.17) is 10.3 Å². The molecule has 0 saturated carbocycles. The summed E-state index contributed by atoms with van der Waals surface area (Å²) in [5, 5.41) is 3.92. The van der Waals surface area contributed by atoms with Crippen molar-refractivity contribution in [1.82, 2.24) is 10.1 Å². The van der Waals surface area contributed by atoms with Crippen LogP contribution in [0, 0.1) is 0 Å². The van der Waals surface area contributed by atoms with E-state index < -0.39 is 0 Å². The van der Waals surface area contributed by atoms with Gasteiger partial charge in [0.1, 0.15) is 0 Å². The Bertz CT molecular complexity index is 288. The Morgan fingerprint density at radius 1 is 1.43 bits per heavy atom. The molecular formula is C10H19N3O. The molecule has 0 aliphatic carbocycles. The molecule has 14 heavy (non-hydrogen) atoms. The zero-order valence-electron chi connectivity index (χ0n) is 9.37. The minimum Gasteiger partial charge on any atom is -0.338 e. The van der Waals surface area contributed by atoms with Crippen molar-refractivity contribution in [2.45, 2.75) is 52.0 Å². The first-order chi connectivity index (χ1) is 6.45. The van der Waals surface area contributed by atoms with Crippen LogP contribution in [0.15, 0.2) is 4.52 Å². The van der Waals surface area contributed by atoms with E-state index in [2.05, 4.69) is 17.1 Å². The van der Waals surface area contributed by atoms with Gasteiger partial charge >= 0.3 is 0 Å². The predicted octanol–water partition coefficient (Wildman–Crippen LogP) is 2.17. The van der Waals surface area contributed by atoms with Gasteiger partial charge in [-0.15, -0.1) is 0 Å². The monoisotopic (exact) mass is 197 g/mol. The normalized spacial score (nSPS) is 14.4. The predicted molar refractivity (Wildman–Crippen MR) is 54.8 cm³/mol. The number of rotatable bonds is 3. The van der Waals surface area contributed by atoms with Crippen molar-refractivity contribution in [2.24, 2.45) is 5.73 Å². The zero-order valence-corrected chi connectivity index (χ0v) is 9.37. The number of nitrogens with zero attached hydrogens (tertiary/aromatic N) is 2. The molecule has 0 amide bonds. The molecule has 0 radical (unpaired) electrons. The van der Waals surface area contributed by atoms with E-state index in [0.717, 1.165) is 18.7 Å². The minimum absolute atomic E-state index is 0.0757. The molecule has 80 valence electrons. The van der Waals surface area contributed by atoms with Crippen LogP contribution in [0.4, 0.5) is 0 Å². The fourth-order valence-corrected chi connectivity index (χ4v) is 1.12. The number of hydrogen-bond acceptors (Lipinski definition) is 4. The van der Waals surface area contributed by atoms with Gasteiger partial charge in [-0.25, -0.2) is 0 Å². The Balaban J connectivity index is 2.78. The summed E-state index contributed by atoms with van der Waals surface area (Å²) in [6.45, 7) is 8.23. The second-order valence-corrected chi connectivity index (χ2v) is 4.60. The molecule has 1 rings (SSSR count). The van der Waals surface area contributed by atoms with E-state index in [-0.39, 0.29) is 11.5 Å². The molecule has 0 saturated heterocycles. The summed E-state index contributed by atoms with van der Waals surface area (Å²) in [4.78, 5) is 4.30. The fraction of sp³-hybridized carbons (Fsp3) is 0.800. The van der Waals surface area contributed by atoms with Crippen molar-refractivity contribution in [2.75, 3.05) is 0 Å². The summed E-state index contributed by atoms with van der Waals surface area (Å²) in [5.74, 6) is 1.27. The third kappa shape index (κ3) is 2.54. The van der Waals surface area contributed by atoms with Crippen LogP contribution in [-0.2, 0) is 5.41 Å². The van der Waals surface area contributed by atoms with E-state index in [1.807, 2.05) is 20.8 Å². The first-order valence-corrected chi connectivity index (χ1v) is 5.04. The Morgan fingerprint density at radius 2 is 2.07 bits per heavy atom. The third-order valence-corrected chi connectivity index (χ3v) is 2.03. The standard InChI is InChI=1S/C10H19N3O/c1-5-6-7(11)8-12-9(13-14-8)10(2,3)4/h7H,5-6,11H2,1-4H3/t7-/m1/s1. The maximum absolute atomic E-state index is 5.87. The van der Waals surface area contributed by atoms with Gasteiger partial charge in [0.2, 0.25) is 5.89 Å². The highest BCUT2D eigenvalue weighted by molar-refractivity contribution is 5.01. The van der Waals surface area contributed by atoms with Gasteiger partial charge in [0, 0.05) is 5.41 Å². The van der Waals surface area contributed by atoms with Crippen molar-refractivity contribution in [1.29, 1.82) is 0 Å². The number of aromatic nitrogens is 2. The highest BCUT2D eigenvalue weighted by Gasteiger charge is 2.22. The van der Waals surface area contributed by atoms with Crippen LogP contribution in [0.1, 0.15) is 58.3 Å². The highest BCUT2D eigenvalue weighted by Crippen LogP contribution is 2.21. The van der Waals surface area contributed by atoms with Crippen LogP contribution >= 0.6 is 0 Å². The molecule has 0 spiro atoms. The summed E-state index contributed by atoms with van der Waals surface area (Å²) < 4.78 is 5.12. The summed E-state index contributed by atoms with van der Waals surface area (Å²) in [6, 6.07) is -0.122. The second kappa shape index (κ2) is 4.09. The number of nitrogens with two attached hydrogens (primary N) is 1. The SMILES string of the molecule is CCC[C@@H](N)c1nc(C(C)(C)C)no1. The average molecular weight is 197 g/mol. The van der Waals surface area contributed by atoms with E-state index in [0.29, 0.717) is 5.89 Å². The maximum Gasteiger partial charge on any atom is 0.243 e. The van der Waals surface area contributed by atoms with Gasteiger partial charge in [0.05, 0.1) is 6.04 Å². The Morgan fingerprint density at radius 3 is 2.50 bits per heavy atom. The molecule has 4 nitrogen and oxygen atoms in total. The van der Waals surface area contributed by atoms with Gasteiger partial charge in [-0.2, -0.15) is 4.98 Å². The fourth-order valence-electron chi connectivity index (χ4n) is 1.12. The summed E-state index contributed by atoms with van der Waals surface area (Å²) in [5.41, 5.74) is 5.79. The Hall–Kier alpha value is -0.900. The first-order valence-electron chi connectivity index (χ1n) is 5.04. The lowest BCUT2D eigenvalue weighted by Gasteiger charge is -2.11. The molecule has 1 heterocycles. The molecular weight excluding hydrogens is 178 g/mol. The highest BCUT2D eigenvalue weighted by atomic mass is 16.5. The van der Waals surface area contributed by atoms with E-state index in [1.165, 1.54) is 0 Å². The van der Waals surface area contributed by atoms with Crippen molar-refractivity contribution in [3.05, 3.63) is 11.7 Å². The van der Waals surface area contributed by atoms with Gasteiger partial charge in [0.25, 0.3) is 0 Å². The van der Waals surface area contributed by atoms with E-state index in [9.17, 15) is 0 Å². The van der Waals surface area contributed by atoms with Gasteiger partial charge in [0.15, 0.2) is 5.82 Å². The third-order valence-electron chi connectivity index (χ3n) is 2.03. The van der Waals surface area contributed by atoms with Crippen molar-refractivity contribution < 1.29 is 4.52 Å². The molecule has 0 aromatic carbocycles. The van der Waals surface area contributed by atoms with Crippen LogP contribution in [-0.4, -0.2) is 10.1 Å². The molecule has 2 N–H and O–H groups in total. The minimum atomic E-state index is -0.122. The van der Waals surface area contributed by atoms with Crippen LogP contribution < -0.4 is 5.73 Å². The van der Waals surface area contributed by atoms with E-state index in [1.54, 1.807) is 0 Å². The molecule has 0 bridgehead atoms. The van der Waals surface area contributed by atoms with Crippen LogP contribution in [0.3, 0.4) is 0 Å². The lowest BCUT2D eigenvalue weighted by atomic mass is 9.96. The van der Waals surface area contributed by atoms with Crippen LogP contribution in [0.25, 0.3) is 0 Å². The van der Waals surface area contributed by atoms with Crippen molar-refractivity contribution >= 4 is 0 Å². The quantitative estimate of drug-likeness (QED) is 0.806.